The number of nitrogens with one attached hydrogen (secondary N) is 1. The number of carbonyl (C=O) groups is 2. The molecule has 0 fully saturated rings. The van der Waals surface area contributed by atoms with Crippen molar-refractivity contribution in [3.63, 3.8) is 0 Å². The van der Waals surface area contributed by atoms with Crippen LogP contribution in [-0.4, -0.2) is 16.8 Å². The van der Waals surface area contributed by atoms with Crippen LogP contribution >= 0.6 is 0 Å². The molecule has 0 saturated heterocycles. The lowest BCUT2D eigenvalue weighted by atomic mass is 10.0. The fourth-order valence-electron chi connectivity index (χ4n) is 2.81. The highest BCUT2D eigenvalue weighted by atomic mass is 16.5. The molecule has 4 aromatic rings. The lowest BCUT2D eigenvalue weighted by Gasteiger charge is -2.06. The van der Waals surface area contributed by atoms with E-state index in [1.165, 1.54) is 0 Å². The smallest absolute Gasteiger partial charge is 0.277 e. The van der Waals surface area contributed by atoms with Crippen molar-refractivity contribution >= 4 is 17.4 Å². The maximum Gasteiger partial charge on any atom is 0.277 e. The maximum absolute atomic E-state index is 12.6. The average Bonchev–Trinajstić information content (AvgIpc) is 3.25. The Morgan fingerprint density at radius 3 is 2.18 bits per heavy atom. The van der Waals surface area contributed by atoms with Crippen LogP contribution < -0.4 is 5.32 Å². The van der Waals surface area contributed by atoms with Crippen LogP contribution in [0.3, 0.4) is 0 Å². The molecule has 1 N–H and O–H groups in total. The number of aromatic nitrogens is 1. The minimum absolute atomic E-state index is 0.107. The summed E-state index contributed by atoms with van der Waals surface area (Å²) >= 11 is 0. The molecule has 0 saturated carbocycles. The molecule has 136 valence electrons. The second kappa shape index (κ2) is 7.72. The van der Waals surface area contributed by atoms with Crippen molar-refractivity contribution in [1.82, 2.24) is 5.16 Å². The van der Waals surface area contributed by atoms with E-state index in [1.54, 1.807) is 42.5 Å². The van der Waals surface area contributed by atoms with Crippen molar-refractivity contribution in [3.8, 4) is 11.3 Å². The molecule has 0 unspecified atom stereocenters. The van der Waals surface area contributed by atoms with Crippen molar-refractivity contribution in [2.75, 3.05) is 5.32 Å². The number of carbonyl (C=O) groups excluding carboxylic acids is 2. The summed E-state index contributed by atoms with van der Waals surface area (Å²) < 4.78 is 5.26. The Morgan fingerprint density at radius 1 is 0.750 bits per heavy atom. The van der Waals surface area contributed by atoms with Crippen LogP contribution in [0.5, 0.6) is 0 Å². The summed E-state index contributed by atoms with van der Waals surface area (Å²) in [5, 5.41) is 6.60. The van der Waals surface area contributed by atoms with Crippen LogP contribution in [-0.2, 0) is 0 Å². The molecule has 0 aliphatic heterocycles. The van der Waals surface area contributed by atoms with Crippen LogP contribution in [0.2, 0.25) is 0 Å². The van der Waals surface area contributed by atoms with Gasteiger partial charge in [-0.25, -0.2) is 0 Å². The van der Waals surface area contributed by atoms with Crippen molar-refractivity contribution in [2.45, 2.75) is 0 Å². The molecule has 0 aliphatic rings. The van der Waals surface area contributed by atoms with E-state index in [0.29, 0.717) is 22.6 Å². The quantitative estimate of drug-likeness (QED) is 0.512. The first-order chi connectivity index (χ1) is 13.7. The van der Waals surface area contributed by atoms with E-state index in [1.807, 2.05) is 48.5 Å². The molecular weight excluding hydrogens is 352 g/mol. The largest absolute Gasteiger partial charge is 0.355 e. The zero-order valence-electron chi connectivity index (χ0n) is 14.8. The van der Waals surface area contributed by atoms with E-state index >= 15 is 0 Å². The van der Waals surface area contributed by atoms with Gasteiger partial charge in [-0.1, -0.05) is 78.0 Å². The van der Waals surface area contributed by atoms with E-state index in [0.717, 1.165) is 5.56 Å². The Hall–Kier alpha value is -3.99. The highest BCUT2D eigenvalue weighted by molar-refractivity contribution is 6.10. The van der Waals surface area contributed by atoms with Crippen LogP contribution in [0.25, 0.3) is 11.3 Å². The number of hydrogen-bond donors (Lipinski definition) is 1. The summed E-state index contributed by atoms with van der Waals surface area (Å²) in [6.07, 6.45) is 0. The third-order valence-electron chi connectivity index (χ3n) is 4.22. The predicted octanol–water partition coefficient (Wildman–Crippen LogP) is 4.82. The van der Waals surface area contributed by atoms with Gasteiger partial charge in [-0.05, 0) is 12.1 Å². The maximum atomic E-state index is 12.6. The van der Waals surface area contributed by atoms with Gasteiger partial charge < -0.3 is 9.84 Å². The summed E-state index contributed by atoms with van der Waals surface area (Å²) in [6.45, 7) is 0. The molecule has 0 radical (unpaired) electrons. The second-order valence-corrected chi connectivity index (χ2v) is 6.17. The normalized spacial score (nSPS) is 10.4. The van der Waals surface area contributed by atoms with Gasteiger partial charge in [0.1, 0.15) is 0 Å². The van der Waals surface area contributed by atoms with Gasteiger partial charge in [-0.2, -0.15) is 0 Å². The molecular formula is C23H16N2O3. The first-order valence-corrected chi connectivity index (χ1v) is 8.74. The number of amides is 1. The number of benzene rings is 3. The first-order valence-electron chi connectivity index (χ1n) is 8.74. The van der Waals surface area contributed by atoms with Crippen molar-refractivity contribution in [3.05, 3.63) is 108 Å². The van der Waals surface area contributed by atoms with Gasteiger partial charge in [0, 0.05) is 28.4 Å². The Balaban J connectivity index is 1.51. The lowest BCUT2D eigenvalue weighted by Crippen LogP contribution is -2.12. The summed E-state index contributed by atoms with van der Waals surface area (Å²) in [5.74, 6) is -0.00139. The van der Waals surface area contributed by atoms with Crippen LogP contribution in [0.1, 0.15) is 26.4 Å². The van der Waals surface area contributed by atoms with E-state index in [4.69, 9.17) is 4.52 Å². The topological polar surface area (TPSA) is 72.2 Å². The highest BCUT2D eigenvalue weighted by Gasteiger charge is 2.15. The molecule has 5 nitrogen and oxygen atoms in total. The molecule has 1 heterocycles. The summed E-state index contributed by atoms with van der Waals surface area (Å²) in [4.78, 5) is 25.1. The Morgan fingerprint density at radius 2 is 1.43 bits per heavy atom. The number of rotatable bonds is 5. The third kappa shape index (κ3) is 3.73. The zero-order chi connectivity index (χ0) is 19.3. The number of ketones is 1. The molecule has 1 aromatic heterocycles. The van der Waals surface area contributed by atoms with E-state index in [9.17, 15) is 9.59 Å². The molecule has 0 bridgehead atoms. The fraction of sp³-hybridized carbons (Fsp3) is 0. The lowest BCUT2D eigenvalue weighted by molar-refractivity contribution is 0.101. The summed E-state index contributed by atoms with van der Waals surface area (Å²) in [7, 11) is 0. The van der Waals surface area contributed by atoms with Crippen molar-refractivity contribution in [1.29, 1.82) is 0 Å². The van der Waals surface area contributed by atoms with E-state index < -0.39 is 5.91 Å². The molecule has 0 aliphatic carbocycles. The molecule has 28 heavy (non-hydrogen) atoms. The minimum Gasteiger partial charge on any atom is -0.355 e. The van der Waals surface area contributed by atoms with Crippen molar-refractivity contribution < 1.29 is 14.1 Å². The first kappa shape index (κ1) is 17.4. The number of anilines is 1. The standard InChI is InChI=1S/C23H16N2O3/c26-22(17-10-5-2-6-11-17)18-12-7-13-19(14-18)24-23(27)20-15-21(28-25-20)16-8-3-1-4-9-16/h1-15H,(H,24,27). The van der Waals surface area contributed by atoms with E-state index in [2.05, 4.69) is 10.5 Å². The molecule has 0 atom stereocenters. The van der Waals surface area contributed by atoms with Crippen LogP contribution in [0, 0.1) is 0 Å². The van der Waals surface area contributed by atoms with Gasteiger partial charge in [0.05, 0.1) is 0 Å². The number of hydrogen-bond acceptors (Lipinski definition) is 4. The second-order valence-electron chi connectivity index (χ2n) is 6.17. The molecule has 5 heteroatoms. The third-order valence-corrected chi connectivity index (χ3v) is 4.22. The van der Waals surface area contributed by atoms with Gasteiger partial charge in [-0.3, -0.25) is 9.59 Å². The SMILES string of the molecule is O=C(c1ccccc1)c1cccc(NC(=O)c2cc(-c3ccccc3)on2)c1. The van der Waals surface area contributed by atoms with Crippen molar-refractivity contribution in [2.24, 2.45) is 0 Å². The predicted molar refractivity (Wildman–Crippen MR) is 106 cm³/mol. The molecule has 1 amide bonds. The molecule has 0 spiro atoms. The molecule has 4 rings (SSSR count). The number of nitrogens with zero attached hydrogens (tertiary/aromatic N) is 1. The van der Waals surface area contributed by atoms with Crippen LogP contribution in [0.15, 0.2) is 95.5 Å². The van der Waals surface area contributed by atoms with Gasteiger partial charge >= 0.3 is 0 Å². The Labute approximate surface area is 161 Å². The average molecular weight is 368 g/mol. The molecule has 3 aromatic carbocycles. The zero-order valence-corrected chi connectivity index (χ0v) is 14.8. The Kier molecular flexibility index (Phi) is 4.80. The Bertz CT molecular complexity index is 1120. The summed E-state index contributed by atoms with van der Waals surface area (Å²) in [6, 6.07) is 26.8. The van der Waals surface area contributed by atoms with Gasteiger partial charge in [0.2, 0.25) is 0 Å². The van der Waals surface area contributed by atoms with Crippen LogP contribution in [0.4, 0.5) is 5.69 Å². The monoisotopic (exact) mass is 368 g/mol. The summed E-state index contributed by atoms with van der Waals surface area (Å²) in [5.41, 5.74) is 2.60. The van der Waals surface area contributed by atoms with Gasteiger partial charge in [0.25, 0.3) is 5.91 Å². The fourth-order valence-corrected chi connectivity index (χ4v) is 2.81. The highest BCUT2D eigenvalue weighted by Crippen LogP contribution is 2.21. The minimum atomic E-state index is -0.407. The van der Waals surface area contributed by atoms with Gasteiger partial charge in [0.15, 0.2) is 17.2 Å². The van der Waals surface area contributed by atoms with Gasteiger partial charge in [-0.15, -0.1) is 0 Å². The van der Waals surface area contributed by atoms with E-state index in [-0.39, 0.29) is 11.5 Å².